The monoisotopic (exact) mass is 612 g/mol. The van der Waals surface area contributed by atoms with Crippen LogP contribution in [-0.2, 0) is 15.6 Å². The molecule has 0 aliphatic heterocycles. The van der Waals surface area contributed by atoms with E-state index in [0.29, 0.717) is 26.1 Å². The first kappa shape index (κ1) is 26.2. The van der Waals surface area contributed by atoms with Gasteiger partial charge in [0.25, 0.3) is 5.91 Å². The van der Waals surface area contributed by atoms with E-state index in [1.807, 2.05) is 37.3 Å². The van der Waals surface area contributed by atoms with Crippen LogP contribution in [0.4, 0.5) is 0 Å². The smallest absolute Gasteiger partial charge is 0.269 e. The molecule has 0 bridgehead atoms. The van der Waals surface area contributed by atoms with Gasteiger partial charge in [-0.15, -0.1) is 5.10 Å². The van der Waals surface area contributed by atoms with Crippen molar-refractivity contribution in [2.45, 2.75) is 18.7 Å². The molecule has 1 atom stereocenters. The highest BCUT2D eigenvalue weighted by atomic mass is 79.9. The molecular formula is C26H22BrClN6O3S. The van der Waals surface area contributed by atoms with Gasteiger partial charge in [0.15, 0.2) is 9.84 Å². The molecule has 9 nitrogen and oxygen atoms in total. The summed E-state index contributed by atoms with van der Waals surface area (Å²) in [6, 6.07) is 14.6. The fourth-order valence-electron chi connectivity index (χ4n) is 4.22. The average Bonchev–Trinajstić information content (AvgIpc) is 3.36. The molecule has 0 saturated heterocycles. The second-order valence-corrected chi connectivity index (χ2v) is 12.2. The summed E-state index contributed by atoms with van der Waals surface area (Å²) in [7, 11) is -3.57. The Hall–Kier alpha value is -3.41. The molecule has 0 aliphatic carbocycles. The summed E-state index contributed by atoms with van der Waals surface area (Å²) in [6.07, 6.45) is 5.17. The van der Waals surface area contributed by atoms with Gasteiger partial charge in [-0.2, -0.15) is 0 Å². The van der Waals surface area contributed by atoms with Crippen LogP contribution in [0.5, 0.6) is 0 Å². The number of nitrogens with zero attached hydrogens (tertiary/aromatic N) is 5. The average molecular weight is 614 g/mol. The molecule has 0 fully saturated rings. The van der Waals surface area contributed by atoms with Crippen molar-refractivity contribution in [1.82, 2.24) is 30.3 Å². The van der Waals surface area contributed by atoms with Crippen molar-refractivity contribution < 1.29 is 13.2 Å². The summed E-state index contributed by atoms with van der Waals surface area (Å²) in [6.45, 7) is 1.90. The minimum atomic E-state index is -3.57. The predicted molar refractivity (Wildman–Crippen MR) is 150 cm³/mol. The Bertz CT molecular complexity index is 1770. The molecule has 0 unspecified atom stereocenters. The van der Waals surface area contributed by atoms with Gasteiger partial charge in [-0.1, -0.05) is 47.1 Å². The molecule has 3 aromatic heterocycles. The second-order valence-electron chi connectivity index (χ2n) is 8.78. The number of benzene rings is 2. The number of para-hydroxylation sites is 1. The zero-order chi connectivity index (χ0) is 26.9. The Labute approximate surface area is 232 Å². The number of carbonyl (C=O) groups excluding carboxylic acids is 1. The largest absolute Gasteiger partial charge is 0.350 e. The number of pyridine rings is 2. The summed E-state index contributed by atoms with van der Waals surface area (Å²) >= 11 is 9.72. The van der Waals surface area contributed by atoms with E-state index in [2.05, 4.69) is 41.5 Å². The normalized spacial score (nSPS) is 12.6. The molecule has 12 heteroatoms. The third-order valence-corrected chi connectivity index (χ3v) is 8.67. The summed E-state index contributed by atoms with van der Waals surface area (Å²) in [5.41, 5.74) is 2.02. The molecule has 5 rings (SSSR count). The van der Waals surface area contributed by atoms with Crippen molar-refractivity contribution in [3.05, 3.63) is 93.6 Å². The Morgan fingerprint density at radius 1 is 1.16 bits per heavy atom. The van der Waals surface area contributed by atoms with Crippen molar-refractivity contribution in [2.24, 2.45) is 0 Å². The molecule has 0 radical (unpaired) electrons. The van der Waals surface area contributed by atoms with Gasteiger partial charge >= 0.3 is 0 Å². The molecule has 5 aromatic rings. The van der Waals surface area contributed by atoms with Gasteiger partial charge in [-0.25, -0.2) is 18.1 Å². The summed E-state index contributed by atoms with van der Waals surface area (Å²) in [4.78, 5) is 21.2. The minimum absolute atomic E-state index is 0.0803. The highest BCUT2D eigenvalue weighted by molar-refractivity contribution is 9.10. The van der Waals surface area contributed by atoms with Crippen molar-refractivity contribution in [2.75, 3.05) is 12.3 Å². The lowest BCUT2D eigenvalue weighted by molar-refractivity contribution is 0.0951. The van der Waals surface area contributed by atoms with Gasteiger partial charge in [-0.05, 0) is 52.0 Å². The van der Waals surface area contributed by atoms with Crippen LogP contribution >= 0.6 is 27.5 Å². The van der Waals surface area contributed by atoms with Crippen molar-refractivity contribution >= 4 is 65.0 Å². The number of aromatic nitrogens is 5. The zero-order valence-electron chi connectivity index (χ0n) is 20.2. The van der Waals surface area contributed by atoms with Crippen LogP contribution in [-0.4, -0.2) is 51.6 Å². The third kappa shape index (κ3) is 5.54. The number of hydrogen-bond acceptors (Lipinski definition) is 7. The van der Waals surface area contributed by atoms with Crippen molar-refractivity contribution in [1.29, 1.82) is 0 Å². The topological polar surface area (TPSA) is 120 Å². The standard InChI is InChI=1S/C26H22BrClN6O3S/c1-16(19-5-2-4-17-13-29-9-8-20(17)19)34-14-18(32-33-34)15-38(36,37)11-10-30-26(35)24-12-23(28)21-6-3-7-22(27)25(21)31-24/h2-9,12-14,16H,10-11,15H2,1H3,(H,30,35)/t16-/m1/s1. The van der Waals surface area contributed by atoms with Crippen LogP contribution < -0.4 is 5.32 Å². The molecule has 0 saturated carbocycles. The van der Waals surface area contributed by atoms with Crippen LogP contribution in [0.2, 0.25) is 5.02 Å². The third-order valence-electron chi connectivity index (χ3n) is 6.16. The SMILES string of the molecule is C[C@H](c1cccc2cnccc12)n1cc(CS(=O)(=O)CCNC(=O)c2cc(Cl)c3cccc(Br)c3n2)nn1. The van der Waals surface area contributed by atoms with Crippen molar-refractivity contribution in [3.63, 3.8) is 0 Å². The summed E-state index contributed by atoms with van der Waals surface area (Å²) in [5, 5.41) is 14.0. The number of halogens is 2. The van der Waals surface area contributed by atoms with Gasteiger partial charge in [0, 0.05) is 34.2 Å². The minimum Gasteiger partial charge on any atom is -0.350 e. The van der Waals surface area contributed by atoms with Crippen molar-refractivity contribution in [3.8, 4) is 0 Å². The molecule has 38 heavy (non-hydrogen) atoms. The summed E-state index contributed by atoms with van der Waals surface area (Å²) < 4.78 is 27.8. The Balaban J connectivity index is 1.22. The number of nitrogens with one attached hydrogen (secondary N) is 1. The molecule has 2 aromatic carbocycles. The van der Waals surface area contributed by atoms with Crippen LogP contribution in [0.15, 0.2) is 71.6 Å². The van der Waals surface area contributed by atoms with E-state index in [-0.39, 0.29) is 29.8 Å². The number of sulfone groups is 1. The molecular weight excluding hydrogens is 592 g/mol. The van der Waals surface area contributed by atoms with Gasteiger partial charge in [0.1, 0.15) is 5.69 Å². The maximum absolute atomic E-state index is 12.7. The van der Waals surface area contributed by atoms with E-state index < -0.39 is 15.7 Å². The zero-order valence-corrected chi connectivity index (χ0v) is 23.3. The number of carbonyl (C=O) groups is 1. The Kier molecular flexibility index (Phi) is 7.42. The molecule has 0 spiro atoms. The van der Waals surface area contributed by atoms with Crippen LogP contribution in [0.25, 0.3) is 21.7 Å². The van der Waals surface area contributed by atoms with Crippen LogP contribution in [0, 0.1) is 0 Å². The van der Waals surface area contributed by atoms with Crippen LogP contribution in [0.1, 0.15) is 34.7 Å². The number of rotatable bonds is 8. The van der Waals surface area contributed by atoms with E-state index in [4.69, 9.17) is 11.6 Å². The number of hydrogen-bond donors (Lipinski definition) is 1. The van der Waals surface area contributed by atoms with Crippen LogP contribution in [0.3, 0.4) is 0 Å². The number of fused-ring (bicyclic) bond motifs is 2. The lowest BCUT2D eigenvalue weighted by Gasteiger charge is -2.14. The lowest BCUT2D eigenvalue weighted by Crippen LogP contribution is -2.30. The predicted octanol–water partition coefficient (Wildman–Crippen LogP) is 4.74. The Morgan fingerprint density at radius 2 is 1.97 bits per heavy atom. The first-order chi connectivity index (χ1) is 18.2. The first-order valence-electron chi connectivity index (χ1n) is 11.7. The highest BCUT2D eigenvalue weighted by Crippen LogP contribution is 2.29. The lowest BCUT2D eigenvalue weighted by atomic mass is 10.0. The number of amides is 1. The molecule has 0 aliphatic rings. The van der Waals surface area contributed by atoms with E-state index in [1.54, 1.807) is 35.4 Å². The molecule has 1 amide bonds. The molecule has 194 valence electrons. The second kappa shape index (κ2) is 10.8. The van der Waals surface area contributed by atoms with Gasteiger partial charge in [-0.3, -0.25) is 9.78 Å². The summed E-state index contributed by atoms with van der Waals surface area (Å²) in [5.74, 6) is -1.06. The van der Waals surface area contributed by atoms with Gasteiger partial charge in [0.2, 0.25) is 0 Å². The maximum Gasteiger partial charge on any atom is 0.269 e. The quantitative estimate of drug-likeness (QED) is 0.268. The first-order valence-corrected chi connectivity index (χ1v) is 14.7. The van der Waals surface area contributed by atoms with E-state index in [9.17, 15) is 13.2 Å². The fraction of sp³-hybridized carbons (Fsp3) is 0.192. The molecule has 1 N–H and O–H groups in total. The van der Waals surface area contributed by atoms with E-state index in [0.717, 1.165) is 16.3 Å². The fourth-order valence-corrected chi connectivity index (χ4v) is 6.07. The Morgan fingerprint density at radius 3 is 2.82 bits per heavy atom. The van der Waals surface area contributed by atoms with E-state index >= 15 is 0 Å². The van der Waals surface area contributed by atoms with Gasteiger partial charge < -0.3 is 5.32 Å². The highest BCUT2D eigenvalue weighted by Gasteiger charge is 2.19. The molecule has 3 heterocycles. The maximum atomic E-state index is 12.7. The van der Waals surface area contributed by atoms with E-state index in [1.165, 1.54) is 6.07 Å². The van der Waals surface area contributed by atoms with Gasteiger partial charge in [0.05, 0.1) is 40.0 Å².